The van der Waals surface area contributed by atoms with Crippen LogP contribution in [0.4, 0.5) is 11.4 Å². The molecular formula is C28H44N2. The van der Waals surface area contributed by atoms with Crippen LogP contribution in [0, 0.1) is 0 Å². The molecule has 0 saturated carbocycles. The Bertz CT molecular complexity index is 852. The van der Waals surface area contributed by atoms with Gasteiger partial charge >= 0.3 is 0 Å². The Balaban J connectivity index is 2.36. The monoisotopic (exact) mass is 408 g/mol. The Morgan fingerprint density at radius 3 is 1.57 bits per heavy atom. The topological polar surface area (TPSA) is 38.0 Å². The second kappa shape index (κ2) is 7.94. The molecule has 0 bridgehead atoms. The minimum Gasteiger partial charge on any atom is -0.398 e. The SMILES string of the molecule is CC(C)(C)c1cc(NCC(C)(C)c2ccc(N)c(C(C)(C)C)c2)cc(C(C)(C)C)c1. The Labute approximate surface area is 185 Å². The molecule has 0 spiro atoms. The van der Waals surface area contributed by atoms with E-state index in [4.69, 9.17) is 5.73 Å². The number of hydrogen-bond acceptors (Lipinski definition) is 2. The second-order valence-corrected chi connectivity index (χ2v) is 12.6. The molecule has 2 aromatic carbocycles. The lowest BCUT2D eigenvalue weighted by atomic mass is 9.78. The van der Waals surface area contributed by atoms with Crippen LogP contribution < -0.4 is 11.1 Å². The van der Waals surface area contributed by atoms with Gasteiger partial charge < -0.3 is 11.1 Å². The van der Waals surface area contributed by atoms with E-state index in [0.717, 1.165) is 12.2 Å². The summed E-state index contributed by atoms with van der Waals surface area (Å²) < 4.78 is 0. The Morgan fingerprint density at radius 1 is 0.633 bits per heavy atom. The lowest BCUT2D eigenvalue weighted by molar-refractivity contribution is 0.547. The molecule has 0 aliphatic carbocycles. The first-order chi connectivity index (χ1) is 13.4. The molecule has 2 aromatic rings. The van der Waals surface area contributed by atoms with E-state index in [1.165, 1.54) is 27.9 Å². The summed E-state index contributed by atoms with van der Waals surface area (Å²) in [5.74, 6) is 0. The van der Waals surface area contributed by atoms with Gasteiger partial charge in [-0.3, -0.25) is 0 Å². The van der Waals surface area contributed by atoms with Crippen LogP contribution in [0.1, 0.15) is 98.4 Å². The van der Waals surface area contributed by atoms with Crippen LogP contribution >= 0.6 is 0 Å². The van der Waals surface area contributed by atoms with Crippen molar-refractivity contribution in [3.63, 3.8) is 0 Å². The van der Waals surface area contributed by atoms with Crippen molar-refractivity contribution < 1.29 is 0 Å². The van der Waals surface area contributed by atoms with Crippen molar-refractivity contribution in [3.8, 4) is 0 Å². The highest BCUT2D eigenvalue weighted by Gasteiger charge is 2.25. The van der Waals surface area contributed by atoms with Gasteiger partial charge in [-0.2, -0.15) is 0 Å². The summed E-state index contributed by atoms with van der Waals surface area (Å²) in [5, 5.41) is 3.75. The van der Waals surface area contributed by atoms with Gasteiger partial charge in [0.2, 0.25) is 0 Å². The number of anilines is 2. The van der Waals surface area contributed by atoms with Gasteiger partial charge in [-0.15, -0.1) is 0 Å². The molecule has 0 heterocycles. The molecule has 2 heteroatoms. The van der Waals surface area contributed by atoms with Crippen molar-refractivity contribution >= 4 is 11.4 Å². The molecule has 0 unspecified atom stereocenters. The average Bonchev–Trinajstić information content (AvgIpc) is 2.57. The van der Waals surface area contributed by atoms with Crippen LogP contribution in [-0.2, 0) is 21.7 Å². The fraction of sp³-hybridized carbons (Fsp3) is 0.571. The number of hydrogen-bond donors (Lipinski definition) is 2. The standard InChI is InChI=1S/C28H44N2/c1-25(2,3)20-14-21(26(4,5)6)16-22(15-20)30-18-28(10,11)19-12-13-24(29)23(17-19)27(7,8)9/h12-17,30H,18,29H2,1-11H3. The molecule has 166 valence electrons. The van der Waals surface area contributed by atoms with Crippen LogP contribution in [0.5, 0.6) is 0 Å². The predicted octanol–water partition coefficient (Wildman–Crippen LogP) is 7.55. The first-order valence-corrected chi connectivity index (χ1v) is 11.2. The molecule has 2 rings (SSSR count). The van der Waals surface area contributed by atoms with Crippen molar-refractivity contribution in [3.05, 3.63) is 58.7 Å². The molecule has 0 aliphatic heterocycles. The molecule has 0 atom stereocenters. The van der Waals surface area contributed by atoms with Gasteiger partial charge in [-0.05, 0) is 56.7 Å². The van der Waals surface area contributed by atoms with Gasteiger partial charge in [0.05, 0.1) is 0 Å². The zero-order chi connectivity index (χ0) is 23.1. The van der Waals surface area contributed by atoms with Gasteiger partial charge in [0.1, 0.15) is 0 Å². The summed E-state index contributed by atoms with van der Waals surface area (Å²) in [6, 6.07) is 13.5. The first kappa shape index (κ1) is 24.3. The summed E-state index contributed by atoms with van der Waals surface area (Å²) in [6.45, 7) is 25.8. The lowest BCUT2D eigenvalue weighted by Crippen LogP contribution is -2.29. The van der Waals surface area contributed by atoms with Crippen molar-refractivity contribution in [2.24, 2.45) is 0 Å². The van der Waals surface area contributed by atoms with Crippen LogP contribution in [0.15, 0.2) is 36.4 Å². The molecule has 0 aliphatic rings. The molecular weight excluding hydrogens is 364 g/mol. The molecule has 0 fully saturated rings. The predicted molar refractivity (Wildman–Crippen MR) is 135 cm³/mol. The van der Waals surface area contributed by atoms with E-state index in [0.29, 0.717) is 0 Å². The third kappa shape index (κ3) is 5.80. The van der Waals surface area contributed by atoms with E-state index >= 15 is 0 Å². The van der Waals surface area contributed by atoms with Crippen LogP contribution in [0.25, 0.3) is 0 Å². The highest BCUT2D eigenvalue weighted by Crippen LogP contribution is 2.35. The molecule has 30 heavy (non-hydrogen) atoms. The zero-order valence-corrected chi connectivity index (χ0v) is 21.2. The fourth-order valence-corrected chi connectivity index (χ4v) is 3.65. The molecule has 0 aromatic heterocycles. The highest BCUT2D eigenvalue weighted by molar-refractivity contribution is 5.55. The summed E-state index contributed by atoms with van der Waals surface area (Å²) in [7, 11) is 0. The van der Waals surface area contributed by atoms with Gasteiger partial charge in [0.15, 0.2) is 0 Å². The van der Waals surface area contributed by atoms with Gasteiger partial charge in [0.25, 0.3) is 0 Å². The summed E-state index contributed by atoms with van der Waals surface area (Å²) in [5.41, 5.74) is 13.9. The van der Waals surface area contributed by atoms with E-state index in [1.54, 1.807) is 0 Å². The normalized spacial score (nSPS) is 13.4. The number of benzene rings is 2. The Morgan fingerprint density at radius 2 is 1.13 bits per heavy atom. The molecule has 3 N–H and O–H groups in total. The summed E-state index contributed by atoms with van der Waals surface area (Å²) >= 11 is 0. The average molecular weight is 409 g/mol. The number of nitrogens with one attached hydrogen (secondary N) is 1. The van der Waals surface area contributed by atoms with Crippen molar-refractivity contribution in [2.45, 2.75) is 97.8 Å². The van der Waals surface area contributed by atoms with Crippen molar-refractivity contribution in [2.75, 3.05) is 17.6 Å². The van der Waals surface area contributed by atoms with Crippen molar-refractivity contribution in [1.29, 1.82) is 0 Å². The Kier molecular flexibility index (Phi) is 6.44. The fourth-order valence-electron chi connectivity index (χ4n) is 3.65. The zero-order valence-electron chi connectivity index (χ0n) is 21.2. The van der Waals surface area contributed by atoms with E-state index < -0.39 is 0 Å². The summed E-state index contributed by atoms with van der Waals surface area (Å²) in [6.07, 6.45) is 0. The minimum atomic E-state index is -0.0205. The molecule has 0 saturated heterocycles. The van der Waals surface area contributed by atoms with E-state index in [-0.39, 0.29) is 21.7 Å². The highest BCUT2D eigenvalue weighted by atomic mass is 14.9. The summed E-state index contributed by atoms with van der Waals surface area (Å²) in [4.78, 5) is 0. The molecule has 2 nitrogen and oxygen atoms in total. The smallest absolute Gasteiger partial charge is 0.0352 e. The van der Waals surface area contributed by atoms with E-state index in [9.17, 15) is 0 Å². The van der Waals surface area contributed by atoms with E-state index in [2.05, 4.69) is 118 Å². The number of nitrogen functional groups attached to an aromatic ring is 1. The maximum Gasteiger partial charge on any atom is 0.0352 e. The van der Waals surface area contributed by atoms with Crippen LogP contribution in [0.2, 0.25) is 0 Å². The van der Waals surface area contributed by atoms with Crippen molar-refractivity contribution in [1.82, 2.24) is 0 Å². The van der Waals surface area contributed by atoms with Gasteiger partial charge in [-0.1, -0.05) is 94.4 Å². The minimum absolute atomic E-state index is 0.0205. The second-order valence-electron chi connectivity index (χ2n) is 12.6. The molecule has 0 radical (unpaired) electrons. The number of rotatable bonds is 4. The number of nitrogens with two attached hydrogens (primary N) is 1. The largest absolute Gasteiger partial charge is 0.398 e. The maximum absolute atomic E-state index is 6.28. The van der Waals surface area contributed by atoms with Crippen LogP contribution in [-0.4, -0.2) is 6.54 Å². The quantitative estimate of drug-likeness (QED) is 0.512. The molecule has 0 amide bonds. The van der Waals surface area contributed by atoms with Gasteiger partial charge in [0, 0.05) is 23.3 Å². The van der Waals surface area contributed by atoms with Crippen LogP contribution in [0.3, 0.4) is 0 Å². The van der Waals surface area contributed by atoms with E-state index in [1.807, 2.05) is 0 Å². The third-order valence-corrected chi connectivity index (χ3v) is 6.04. The lowest BCUT2D eigenvalue weighted by Gasteiger charge is -2.31. The third-order valence-electron chi connectivity index (χ3n) is 6.04. The first-order valence-electron chi connectivity index (χ1n) is 11.2. The maximum atomic E-state index is 6.28. The van der Waals surface area contributed by atoms with Gasteiger partial charge in [-0.25, -0.2) is 0 Å². The Hall–Kier alpha value is -1.96.